The Morgan fingerprint density at radius 1 is 1.28 bits per heavy atom. The van der Waals surface area contributed by atoms with E-state index in [2.05, 4.69) is 4.98 Å². The van der Waals surface area contributed by atoms with Crippen molar-refractivity contribution in [3.05, 3.63) is 41.7 Å². The van der Waals surface area contributed by atoms with Crippen LogP contribution in [0.3, 0.4) is 0 Å². The van der Waals surface area contributed by atoms with Gasteiger partial charge in [0.05, 0.1) is 5.69 Å². The summed E-state index contributed by atoms with van der Waals surface area (Å²) in [6.45, 7) is 0. The number of phenolic OH excluding ortho intramolecular Hbond substituents is 1. The molecule has 0 radical (unpaired) electrons. The number of aromatic hydroxyl groups is 1. The number of phenols is 1. The van der Waals surface area contributed by atoms with E-state index >= 15 is 0 Å². The zero-order valence-electron chi connectivity index (χ0n) is 9.22. The van der Waals surface area contributed by atoms with Crippen LogP contribution in [0.4, 0.5) is 10.1 Å². The summed E-state index contributed by atoms with van der Waals surface area (Å²) in [6.07, 6.45) is 1.60. The van der Waals surface area contributed by atoms with Crippen LogP contribution >= 0.6 is 11.3 Å². The molecule has 0 amide bonds. The minimum absolute atomic E-state index is 0.0198. The van der Waals surface area contributed by atoms with E-state index < -0.39 is 5.82 Å². The van der Waals surface area contributed by atoms with Gasteiger partial charge in [0.25, 0.3) is 0 Å². The van der Waals surface area contributed by atoms with Crippen LogP contribution in [0.25, 0.3) is 21.3 Å². The number of nitrogens with zero attached hydrogens (tertiary/aromatic N) is 1. The maximum atomic E-state index is 13.2. The molecule has 90 valence electrons. The minimum Gasteiger partial charge on any atom is -0.507 e. The van der Waals surface area contributed by atoms with Crippen molar-refractivity contribution in [2.24, 2.45) is 0 Å². The third-order valence-corrected chi connectivity index (χ3v) is 3.65. The van der Waals surface area contributed by atoms with Gasteiger partial charge in [-0.1, -0.05) is 0 Å². The van der Waals surface area contributed by atoms with Gasteiger partial charge in [0.2, 0.25) is 0 Å². The summed E-state index contributed by atoms with van der Waals surface area (Å²) >= 11 is 1.45. The van der Waals surface area contributed by atoms with Gasteiger partial charge in [-0.2, -0.15) is 0 Å². The number of fused-ring (bicyclic) bond motifs is 1. The lowest BCUT2D eigenvalue weighted by Crippen LogP contribution is -1.86. The average Bonchev–Trinajstić information content (AvgIpc) is 2.74. The van der Waals surface area contributed by atoms with Crippen LogP contribution < -0.4 is 5.73 Å². The molecule has 0 bridgehead atoms. The summed E-state index contributed by atoms with van der Waals surface area (Å²) in [6, 6.07) is 5.62. The fraction of sp³-hybridized carbons (Fsp3) is 0. The Morgan fingerprint density at radius 2 is 2.11 bits per heavy atom. The maximum absolute atomic E-state index is 13.2. The molecule has 0 unspecified atom stereocenters. The van der Waals surface area contributed by atoms with E-state index in [1.807, 2.05) is 11.4 Å². The van der Waals surface area contributed by atoms with Crippen LogP contribution in [-0.4, -0.2) is 10.1 Å². The predicted octanol–water partition coefficient (Wildman–Crippen LogP) is 3.39. The molecule has 0 spiro atoms. The topological polar surface area (TPSA) is 59.1 Å². The van der Waals surface area contributed by atoms with Crippen molar-refractivity contribution in [3.63, 3.8) is 0 Å². The smallest absolute Gasteiger partial charge is 0.125 e. The summed E-state index contributed by atoms with van der Waals surface area (Å²) in [5.41, 5.74) is 7.52. The van der Waals surface area contributed by atoms with E-state index in [0.29, 0.717) is 16.8 Å². The molecule has 3 N–H and O–H groups in total. The van der Waals surface area contributed by atoms with E-state index in [4.69, 9.17) is 5.73 Å². The number of benzene rings is 1. The summed E-state index contributed by atoms with van der Waals surface area (Å²) in [4.78, 5) is 5.08. The molecule has 0 saturated heterocycles. The standard InChI is InChI=1S/C13H9FN2OS/c14-8-1-2-12(17)9(4-8)7-3-10-11(15)6-18-13(10)16-5-7/h1-6,17H,15H2. The molecule has 2 heterocycles. The molecule has 3 aromatic rings. The van der Waals surface area contributed by atoms with Crippen molar-refractivity contribution in [2.75, 3.05) is 5.73 Å². The van der Waals surface area contributed by atoms with E-state index in [0.717, 1.165) is 10.2 Å². The highest BCUT2D eigenvalue weighted by Crippen LogP contribution is 2.34. The van der Waals surface area contributed by atoms with Crippen molar-refractivity contribution in [1.29, 1.82) is 0 Å². The van der Waals surface area contributed by atoms with E-state index in [9.17, 15) is 9.50 Å². The van der Waals surface area contributed by atoms with Crippen molar-refractivity contribution in [3.8, 4) is 16.9 Å². The molecule has 0 aliphatic carbocycles. The molecule has 1 aromatic carbocycles. The molecule has 18 heavy (non-hydrogen) atoms. The van der Waals surface area contributed by atoms with Gasteiger partial charge in [-0.3, -0.25) is 0 Å². The van der Waals surface area contributed by atoms with Gasteiger partial charge in [-0.25, -0.2) is 9.37 Å². The third-order valence-electron chi connectivity index (χ3n) is 2.73. The van der Waals surface area contributed by atoms with Gasteiger partial charge in [0, 0.05) is 28.1 Å². The number of nitrogen functional groups attached to an aromatic ring is 1. The highest BCUT2D eigenvalue weighted by atomic mass is 32.1. The summed E-state index contributed by atoms with van der Waals surface area (Å²) in [7, 11) is 0. The zero-order chi connectivity index (χ0) is 12.7. The predicted molar refractivity (Wildman–Crippen MR) is 71.1 cm³/mol. The van der Waals surface area contributed by atoms with Crippen LogP contribution in [0, 0.1) is 5.82 Å². The lowest BCUT2D eigenvalue weighted by Gasteiger charge is -2.05. The molecule has 0 atom stereocenters. The van der Waals surface area contributed by atoms with Gasteiger partial charge in [0.1, 0.15) is 16.4 Å². The van der Waals surface area contributed by atoms with Crippen LogP contribution in [0.1, 0.15) is 0 Å². The highest BCUT2D eigenvalue weighted by Gasteiger charge is 2.09. The quantitative estimate of drug-likeness (QED) is 0.705. The zero-order valence-corrected chi connectivity index (χ0v) is 10.0. The van der Waals surface area contributed by atoms with Crippen LogP contribution in [-0.2, 0) is 0 Å². The Hall–Kier alpha value is -2.14. The first-order valence-electron chi connectivity index (χ1n) is 5.27. The Morgan fingerprint density at radius 3 is 2.94 bits per heavy atom. The largest absolute Gasteiger partial charge is 0.507 e. The monoisotopic (exact) mass is 260 g/mol. The number of halogens is 1. The van der Waals surface area contributed by atoms with Gasteiger partial charge in [-0.15, -0.1) is 11.3 Å². The molecule has 0 saturated carbocycles. The lowest BCUT2D eigenvalue weighted by molar-refractivity contribution is 0.475. The van der Waals surface area contributed by atoms with Crippen molar-refractivity contribution in [1.82, 2.24) is 4.98 Å². The number of rotatable bonds is 1. The third kappa shape index (κ3) is 1.69. The van der Waals surface area contributed by atoms with Gasteiger partial charge in [0.15, 0.2) is 0 Å². The van der Waals surface area contributed by atoms with Crippen molar-refractivity contribution >= 4 is 27.2 Å². The first-order valence-corrected chi connectivity index (χ1v) is 6.15. The number of aromatic nitrogens is 1. The van der Waals surface area contributed by atoms with Crippen LogP contribution in [0.2, 0.25) is 0 Å². The fourth-order valence-corrected chi connectivity index (χ4v) is 2.61. The minimum atomic E-state index is -0.402. The highest BCUT2D eigenvalue weighted by molar-refractivity contribution is 7.17. The second-order valence-electron chi connectivity index (χ2n) is 3.93. The van der Waals surface area contributed by atoms with E-state index in [1.165, 1.54) is 29.5 Å². The molecule has 5 heteroatoms. The van der Waals surface area contributed by atoms with Gasteiger partial charge >= 0.3 is 0 Å². The first kappa shape index (κ1) is 11.0. The number of hydrogen-bond donors (Lipinski definition) is 2. The maximum Gasteiger partial charge on any atom is 0.125 e. The van der Waals surface area contributed by atoms with Gasteiger partial charge < -0.3 is 10.8 Å². The molecule has 0 aliphatic heterocycles. The number of nitrogens with two attached hydrogens (primary N) is 1. The lowest BCUT2D eigenvalue weighted by atomic mass is 10.1. The van der Waals surface area contributed by atoms with Gasteiger partial charge in [-0.05, 0) is 24.3 Å². The second-order valence-corrected chi connectivity index (χ2v) is 4.79. The normalized spacial score (nSPS) is 10.9. The number of hydrogen-bond acceptors (Lipinski definition) is 4. The molecule has 0 fully saturated rings. The van der Waals surface area contributed by atoms with Crippen molar-refractivity contribution in [2.45, 2.75) is 0 Å². The Labute approximate surface area is 106 Å². The SMILES string of the molecule is Nc1csc2ncc(-c3cc(F)ccc3O)cc12. The average molecular weight is 260 g/mol. The Balaban J connectivity index is 2.24. The number of pyridine rings is 1. The van der Waals surface area contributed by atoms with E-state index in [1.54, 1.807) is 6.20 Å². The fourth-order valence-electron chi connectivity index (χ4n) is 1.82. The molecule has 0 aliphatic rings. The number of anilines is 1. The summed E-state index contributed by atoms with van der Waals surface area (Å²) in [5.74, 6) is -0.382. The van der Waals surface area contributed by atoms with Crippen LogP contribution in [0.15, 0.2) is 35.8 Å². The first-order chi connectivity index (χ1) is 8.65. The Kier molecular flexibility index (Phi) is 2.41. The Bertz CT molecular complexity index is 739. The number of thiophene rings is 1. The molecule has 3 rings (SSSR count). The molecule has 2 aromatic heterocycles. The second kappa shape index (κ2) is 3.96. The van der Waals surface area contributed by atoms with E-state index in [-0.39, 0.29) is 5.75 Å². The summed E-state index contributed by atoms with van der Waals surface area (Å²) in [5, 5.41) is 12.4. The van der Waals surface area contributed by atoms with Crippen molar-refractivity contribution < 1.29 is 9.50 Å². The molecule has 3 nitrogen and oxygen atoms in total. The molecular formula is C13H9FN2OS. The molecular weight excluding hydrogens is 251 g/mol. The van der Waals surface area contributed by atoms with Crippen LogP contribution in [0.5, 0.6) is 5.75 Å². The summed E-state index contributed by atoms with van der Waals surface area (Å²) < 4.78 is 13.2.